The molecule has 3 rings (SSSR count). The van der Waals surface area contributed by atoms with Crippen molar-refractivity contribution in [3.05, 3.63) is 59.5 Å². The number of anilines is 1. The van der Waals surface area contributed by atoms with Crippen LogP contribution in [0.3, 0.4) is 0 Å². The Hall–Kier alpha value is -2.82. The monoisotopic (exact) mass is 323 g/mol. The first kappa shape index (κ1) is 16.1. The van der Waals surface area contributed by atoms with Crippen LogP contribution >= 0.6 is 0 Å². The van der Waals surface area contributed by atoms with E-state index in [-0.39, 0.29) is 5.91 Å². The molecule has 0 fully saturated rings. The lowest BCUT2D eigenvalue weighted by atomic mass is 10.1. The summed E-state index contributed by atoms with van der Waals surface area (Å²) in [6.07, 6.45) is 3.05. The van der Waals surface area contributed by atoms with Crippen molar-refractivity contribution >= 4 is 17.2 Å². The van der Waals surface area contributed by atoms with Gasteiger partial charge in [0.25, 0.3) is 0 Å². The SMILES string of the molecule is COc1ccc(CCC(=O)Nc2ccc3nc(C)c(C)n3c2)cc1. The Kier molecular flexibility index (Phi) is 4.51. The minimum absolute atomic E-state index is 0.000316. The molecule has 0 atom stereocenters. The van der Waals surface area contributed by atoms with Gasteiger partial charge < -0.3 is 14.5 Å². The van der Waals surface area contributed by atoms with Crippen LogP contribution in [-0.4, -0.2) is 22.4 Å². The summed E-state index contributed by atoms with van der Waals surface area (Å²) in [5, 5.41) is 2.95. The van der Waals surface area contributed by atoms with Gasteiger partial charge in [-0.3, -0.25) is 4.79 Å². The molecule has 0 saturated heterocycles. The highest BCUT2D eigenvalue weighted by Crippen LogP contribution is 2.16. The van der Waals surface area contributed by atoms with Gasteiger partial charge in [-0.2, -0.15) is 0 Å². The molecule has 5 nitrogen and oxygen atoms in total. The van der Waals surface area contributed by atoms with E-state index in [1.807, 2.05) is 60.8 Å². The second-order valence-electron chi connectivity index (χ2n) is 5.82. The Morgan fingerprint density at radius 3 is 2.62 bits per heavy atom. The van der Waals surface area contributed by atoms with E-state index in [1.165, 1.54) is 0 Å². The van der Waals surface area contributed by atoms with Crippen molar-refractivity contribution in [2.45, 2.75) is 26.7 Å². The summed E-state index contributed by atoms with van der Waals surface area (Å²) in [6, 6.07) is 11.6. The first-order chi connectivity index (χ1) is 11.6. The number of benzene rings is 1. The number of imidazole rings is 1. The number of nitrogens with zero attached hydrogens (tertiary/aromatic N) is 2. The zero-order chi connectivity index (χ0) is 17.1. The summed E-state index contributed by atoms with van der Waals surface area (Å²) in [4.78, 5) is 16.6. The molecule has 0 spiro atoms. The molecule has 3 aromatic rings. The highest BCUT2D eigenvalue weighted by Gasteiger charge is 2.07. The second-order valence-corrected chi connectivity index (χ2v) is 5.82. The number of hydrogen-bond acceptors (Lipinski definition) is 3. The van der Waals surface area contributed by atoms with Gasteiger partial charge in [-0.1, -0.05) is 12.1 Å². The lowest BCUT2D eigenvalue weighted by Gasteiger charge is -2.07. The average molecular weight is 323 g/mol. The Labute approximate surface area is 141 Å². The van der Waals surface area contributed by atoms with Gasteiger partial charge in [0, 0.05) is 18.3 Å². The fraction of sp³-hybridized carbons (Fsp3) is 0.263. The number of carbonyl (C=O) groups is 1. The molecule has 2 heterocycles. The molecule has 124 valence electrons. The average Bonchev–Trinajstić information content (AvgIpc) is 2.88. The van der Waals surface area contributed by atoms with E-state index in [1.54, 1.807) is 7.11 Å². The third-order valence-electron chi connectivity index (χ3n) is 4.18. The molecule has 2 aromatic heterocycles. The van der Waals surface area contributed by atoms with Gasteiger partial charge in [-0.05, 0) is 50.1 Å². The third kappa shape index (κ3) is 3.40. The minimum Gasteiger partial charge on any atom is -0.497 e. The molecule has 5 heteroatoms. The van der Waals surface area contributed by atoms with Gasteiger partial charge in [0.1, 0.15) is 11.4 Å². The Morgan fingerprint density at radius 1 is 1.17 bits per heavy atom. The number of rotatable bonds is 5. The maximum Gasteiger partial charge on any atom is 0.224 e. The van der Waals surface area contributed by atoms with E-state index in [2.05, 4.69) is 10.3 Å². The molecule has 0 unspecified atom stereocenters. The maximum atomic E-state index is 12.2. The summed E-state index contributed by atoms with van der Waals surface area (Å²) in [7, 11) is 1.64. The number of nitrogens with one attached hydrogen (secondary N) is 1. The first-order valence-electron chi connectivity index (χ1n) is 7.95. The van der Waals surface area contributed by atoms with Gasteiger partial charge in [-0.25, -0.2) is 4.98 Å². The molecule has 0 radical (unpaired) electrons. The molecule has 0 bridgehead atoms. The molecular formula is C19H21N3O2. The number of aryl methyl sites for hydroxylation is 3. The number of carbonyl (C=O) groups excluding carboxylic acids is 1. The molecule has 1 amide bonds. The van der Waals surface area contributed by atoms with Crippen molar-refractivity contribution in [1.29, 1.82) is 0 Å². The topological polar surface area (TPSA) is 55.6 Å². The van der Waals surface area contributed by atoms with Gasteiger partial charge >= 0.3 is 0 Å². The van der Waals surface area contributed by atoms with Crippen molar-refractivity contribution in [3.8, 4) is 5.75 Å². The standard InChI is InChI=1S/C19H21N3O2/c1-13-14(2)22-12-16(7-10-18(22)20-13)21-19(23)11-6-15-4-8-17(24-3)9-5-15/h4-5,7-10,12H,6,11H2,1-3H3,(H,21,23). The summed E-state index contributed by atoms with van der Waals surface area (Å²) in [5.74, 6) is 0.821. The van der Waals surface area contributed by atoms with E-state index < -0.39 is 0 Å². The predicted molar refractivity (Wildman–Crippen MR) is 94.6 cm³/mol. The molecule has 0 aliphatic heterocycles. The maximum absolute atomic E-state index is 12.2. The van der Waals surface area contributed by atoms with Crippen LogP contribution in [0.25, 0.3) is 5.65 Å². The number of aromatic nitrogens is 2. The smallest absolute Gasteiger partial charge is 0.224 e. The second kappa shape index (κ2) is 6.74. The number of amides is 1. The summed E-state index contributed by atoms with van der Waals surface area (Å²) in [5.41, 5.74) is 4.86. The molecule has 1 N–H and O–H groups in total. The van der Waals surface area contributed by atoms with E-state index in [0.29, 0.717) is 12.8 Å². The van der Waals surface area contributed by atoms with Crippen molar-refractivity contribution < 1.29 is 9.53 Å². The molecule has 0 saturated carbocycles. The highest BCUT2D eigenvalue weighted by molar-refractivity contribution is 5.90. The zero-order valence-electron chi connectivity index (χ0n) is 14.2. The van der Waals surface area contributed by atoms with Gasteiger partial charge in [0.2, 0.25) is 5.91 Å². The van der Waals surface area contributed by atoms with Gasteiger partial charge in [0.05, 0.1) is 18.5 Å². The summed E-state index contributed by atoms with van der Waals surface area (Å²) in [6.45, 7) is 4.00. The van der Waals surface area contributed by atoms with Crippen LogP contribution in [-0.2, 0) is 11.2 Å². The Bertz CT molecular complexity index is 866. The Morgan fingerprint density at radius 2 is 1.92 bits per heavy atom. The number of methoxy groups -OCH3 is 1. The minimum atomic E-state index is -0.000316. The van der Waals surface area contributed by atoms with E-state index in [0.717, 1.165) is 34.0 Å². The van der Waals surface area contributed by atoms with E-state index in [9.17, 15) is 4.79 Å². The van der Waals surface area contributed by atoms with Crippen LogP contribution in [0, 0.1) is 13.8 Å². The Balaban J connectivity index is 1.62. The normalized spacial score (nSPS) is 10.8. The van der Waals surface area contributed by atoms with E-state index in [4.69, 9.17) is 4.74 Å². The van der Waals surface area contributed by atoms with Crippen molar-refractivity contribution in [3.63, 3.8) is 0 Å². The van der Waals surface area contributed by atoms with Gasteiger partial charge in [-0.15, -0.1) is 0 Å². The number of fused-ring (bicyclic) bond motifs is 1. The molecule has 0 aliphatic carbocycles. The van der Waals surface area contributed by atoms with Gasteiger partial charge in [0.15, 0.2) is 0 Å². The lowest BCUT2D eigenvalue weighted by molar-refractivity contribution is -0.116. The number of hydrogen-bond donors (Lipinski definition) is 1. The number of pyridine rings is 1. The number of ether oxygens (including phenoxy) is 1. The predicted octanol–water partition coefficient (Wildman–Crippen LogP) is 3.53. The van der Waals surface area contributed by atoms with Crippen LogP contribution in [0.2, 0.25) is 0 Å². The van der Waals surface area contributed by atoms with Crippen LogP contribution in [0.4, 0.5) is 5.69 Å². The van der Waals surface area contributed by atoms with Crippen LogP contribution in [0.1, 0.15) is 23.4 Å². The molecule has 1 aromatic carbocycles. The zero-order valence-corrected chi connectivity index (χ0v) is 14.2. The quantitative estimate of drug-likeness (QED) is 0.781. The van der Waals surface area contributed by atoms with Crippen LogP contribution in [0.5, 0.6) is 5.75 Å². The van der Waals surface area contributed by atoms with Crippen molar-refractivity contribution in [2.75, 3.05) is 12.4 Å². The molecule has 24 heavy (non-hydrogen) atoms. The van der Waals surface area contributed by atoms with Crippen LogP contribution < -0.4 is 10.1 Å². The summed E-state index contributed by atoms with van der Waals surface area (Å²) >= 11 is 0. The highest BCUT2D eigenvalue weighted by atomic mass is 16.5. The van der Waals surface area contributed by atoms with Crippen LogP contribution in [0.15, 0.2) is 42.6 Å². The largest absolute Gasteiger partial charge is 0.497 e. The van der Waals surface area contributed by atoms with E-state index >= 15 is 0 Å². The summed E-state index contributed by atoms with van der Waals surface area (Å²) < 4.78 is 7.13. The van der Waals surface area contributed by atoms with Crippen molar-refractivity contribution in [2.24, 2.45) is 0 Å². The lowest BCUT2D eigenvalue weighted by Crippen LogP contribution is -2.12. The van der Waals surface area contributed by atoms with Crippen molar-refractivity contribution in [1.82, 2.24) is 9.38 Å². The molecular weight excluding hydrogens is 302 g/mol. The first-order valence-corrected chi connectivity index (χ1v) is 7.95. The fourth-order valence-electron chi connectivity index (χ4n) is 2.63. The molecule has 0 aliphatic rings. The fourth-order valence-corrected chi connectivity index (χ4v) is 2.63. The third-order valence-corrected chi connectivity index (χ3v) is 4.18.